The van der Waals surface area contributed by atoms with E-state index in [1.807, 2.05) is 0 Å². The van der Waals surface area contributed by atoms with Crippen molar-refractivity contribution >= 4 is 11.6 Å². The highest BCUT2D eigenvalue weighted by Crippen LogP contribution is 2.51. The first-order chi connectivity index (χ1) is 12.7. The Morgan fingerprint density at radius 3 is 2.38 bits per heavy atom. The van der Waals surface area contributed by atoms with Gasteiger partial charge in [-0.1, -0.05) is 90.0 Å². The zero-order valence-electron chi connectivity index (χ0n) is 15.3. The van der Waals surface area contributed by atoms with Crippen LogP contribution in [-0.4, -0.2) is 0 Å². The summed E-state index contributed by atoms with van der Waals surface area (Å²) < 4.78 is 0. The van der Waals surface area contributed by atoms with E-state index in [9.17, 15) is 0 Å². The molecule has 2 aliphatic rings. The average molecular weight is 334 g/mol. The summed E-state index contributed by atoms with van der Waals surface area (Å²) >= 11 is 0. The van der Waals surface area contributed by atoms with Gasteiger partial charge in [-0.15, -0.1) is 0 Å². The van der Waals surface area contributed by atoms with Crippen molar-refractivity contribution in [3.05, 3.63) is 106 Å². The molecule has 0 nitrogen and oxygen atoms in total. The van der Waals surface area contributed by atoms with Gasteiger partial charge in [0.25, 0.3) is 0 Å². The van der Waals surface area contributed by atoms with E-state index in [1.54, 1.807) is 0 Å². The van der Waals surface area contributed by atoms with Gasteiger partial charge in [0.1, 0.15) is 0 Å². The zero-order valence-corrected chi connectivity index (χ0v) is 15.3. The second kappa shape index (κ2) is 5.85. The van der Waals surface area contributed by atoms with E-state index in [0.29, 0.717) is 5.92 Å². The smallest absolute Gasteiger partial charge is 0.0311 e. The molecule has 0 fully saturated rings. The lowest BCUT2D eigenvalue weighted by molar-refractivity contribution is 1.04. The SMILES string of the molecule is CC1=Cc2ccccc2C1C1=C(C)Cc2cccc(-c3ccccc3)c21. The Morgan fingerprint density at radius 1 is 0.769 bits per heavy atom. The van der Waals surface area contributed by atoms with Crippen LogP contribution < -0.4 is 0 Å². The third kappa shape index (κ3) is 2.22. The molecule has 1 unspecified atom stereocenters. The molecule has 1 atom stereocenters. The van der Waals surface area contributed by atoms with Crippen molar-refractivity contribution < 1.29 is 0 Å². The lowest BCUT2D eigenvalue weighted by atomic mass is 9.82. The summed E-state index contributed by atoms with van der Waals surface area (Å²) in [7, 11) is 0. The summed E-state index contributed by atoms with van der Waals surface area (Å²) in [5, 5.41) is 0. The predicted molar refractivity (Wildman–Crippen MR) is 111 cm³/mol. The van der Waals surface area contributed by atoms with Crippen LogP contribution in [0.1, 0.15) is 42.0 Å². The molecule has 0 heterocycles. The highest BCUT2D eigenvalue weighted by atomic mass is 14.4. The fraction of sp³-hybridized carbons (Fsp3) is 0.154. The first-order valence-corrected chi connectivity index (χ1v) is 9.38. The maximum atomic E-state index is 2.36. The van der Waals surface area contributed by atoms with Gasteiger partial charge in [-0.25, -0.2) is 0 Å². The van der Waals surface area contributed by atoms with Gasteiger partial charge in [-0.3, -0.25) is 0 Å². The van der Waals surface area contributed by atoms with Crippen LogP contribution in [0.25, 0.3) is 22.8 Å². The molecule has 26 heavy (non-hydrogen) atoms. The minimum atomic E-state index is 0.386. The second-order valence-corrected chi connectivity index (χ2v) is 7.53. The normalized spacial score (nSPS) is 17.9. The fourth-order valence-corrected chi connectivity index (χ4v) is 4.77. The number of benzene rings is 3. The second-order valence-electron chi connectivity index (χ2n) is 7.53. The van der Waals surface area contributed by atoms with Gasteiger partial charge < -0.3 is 0 Å². The number of hydrogen-bond donors (Lipinski definition) is 0. The lowest BCUT2D eigenvalue weighted by Crippen LogP contribution is -2.02. The van der Waals surface area contributed by atoms with Crippen LogP contribution >= 0.6 is 0 Å². The van der Waals surface area contributed by atoms with E-state index >= 15 is 0 Å². The van der Waals surface area contributed by atoms with Crippen molar-refractivity contribution in [1.29, 1.82) is 0 Å². The fourth-order valence-electron chi connectivity index (χ4n) is 4.77. The topological polar surface area (TPSA) is 0 Å². The summed E-state index contributed by atoms with van der Waals surface area (Å²) in [6.07, 6.45) is 3.43. The van der Waals surface area contributed by atoms with Crippen LogP contribution in [0.4, 0.5) is 0 Å². The van der Waals surface area contributed by atoms with Gasteiger partial charge in [-0.05, 0) is 59.2 Å². The highest BCUT2D eigenvalue weighted by molar-refractivity contribution is 5.93. The number of allylic oxidation sites excluding steroid dienone is 3. The zero-order chi connectivity index (χ0) is 17.7. The Balaban J connectivity index is 1.74. The molecular formula is C26H22. The summed E-state index contributed by atoms with van der Waals surface area (Å²) in [4.78, 5) is 0. The van der Waals surface area contributed by atoms with E-state index in [-0.39, 0.29) is 0 Å². The molecule has 2 aliphatic carbocycles. The highest BCUT2D eigenvalue weighted by Gasteiger charge is 2.33. The van der Waals surface area contributed by atoms with E-state index in [1.165, 1.54) is 50.1 Å². The van der Waals surface area contributed by atoms with Crippen molar-refractivity contribution in [2.45, 2.75) is 26.2 Å². The molecule has 5 rings (SSSR count). The van der Waals surface area contributed by atoms with Crippen LogP contribution in [0.5, 0.6) is 0 Å². The first-order valence-electron chi connectivity index (χ1n) is 9.38. The van der Waals surface area contributed by atoms with Crippen LogP contribution in [0.2, 0.25) is 0 Å². The molecule has 3 aromatic rings. The molecule has 126 valence electrons. The largest absolute Gasteiger partial charge is 0.0641 e. The molecule has 0 radical (unpaired) electrons. The van der Waals surface area contributed by atoms with E-state index in [2.05, 4.69) is 92.7 Å². The van der Waals surface area contributed by atoms with Crippen molar-refractivity contribution in [3.63, 3.8) is 0 Å². The number of rotatable bonds is 2. The minimum absolute atomic E-state index is 0.386. The molecule has 0 saturated heterocycles. The van der Waals surface area contributed by atoms with Crippen LogP contribution in [0.15, 0.2) is 83.9 Å². The Morgan fingerprint density at radius 2 is 1.54 bits per heavy atom. The third-order valence-electron chi connectivity index (χ3n) is 5.85. The molecule has 0 aromatic heterocycles. The summed E-state index contributed by atoms with van der Waals surface area (Å²) in [5.41, 5.74) is 12.9. The summed E-state index contributed by atoms with van der Waals surface area (Å²) in [5.74, 6) is 0.386. The van der Waals surface area contributed by atoms with Gasteiger partial charge in [0, 0.05) is 5.92 Å². The van der Waals surface area contributed by atoms with Gasteiger partial charge in [0.2, 0.25) is 0 Å². The maximum absolute atomic E-state index is 2.36. The Bertz CT molecular complexity index is 1060. The molecular weight excluding hydrogens is 312 g/mol. The number of hydrogen-bond acceptors (Lipinski definition) is 0. The van der Waals surface area contributed by atoms with Crippen molar-refractivity contribution in [1.82, 2.24) is 0 Å². The van der Waals surface area contributed by atoms with Crippen molar-refractivity contribution in [2.24, 2.45) is 0 Å². The molecule has 0 N–H and O–H groups in total. The lowest BCUT2D eigenvalue weighted by Gasteiger charge is -2.21. The van der Waals surface area contributed by atoms with Crippen molar-refractivity contribution in [2.75, 3.05) is 0 Å². The van der Waals surface area contributed by atoms with E-state index < -0.39 is 0 Å². The molecule has 3 aromatic carbocycles. The number of fused-ring (bicyclic) bond motifs is 2. The quantitative estimate of drug-likeness (QED) is 0.479. The monoisotopic (exact) mass is 334 g/mol. The van der Waals surface area contributed by atoms with Gasteiger partial charge in [0.15, 0.2) is 0 Å². The van der Waals surface area contributed by atoms with Gasteiger partial charge in [-0.2, -0.15) is 0 Å². The third-order valence-corrected chi connectivity index (χ3v) is 5.85. The standard InChI is InChI=1S/C26H22/c1-17-15-20-11-6-7-13-23(20)24(17)25-18(2)16-21-12-8-14-22(26(21)25)19-9-4-3-5-10-19/h3-15,24H,16H2,1-2H3. The Kier molecular flexibility index (Phi) is 3.46. The van der Waals surface area contributed by atoms with Crippen LogP contribution in [-0.2, 0) is 6.42 Å². The van der Waals surface area contributed by atoms with Crippen LogP contribution in [0.3, 0.4) is 0 Å². The van der Waals surface area contributed by atoms with Gasteiger partial charge >= 0.3 is 0 Å². The van der Waals surface area contributed by atoms with Crippen molar-refractivity contribution in [3.8, 4) is 11.1 Å². The average Bonchev–Trinajstić information content (AvgIpc) is 3.17. The van der Waals surface area contributed by atoms with Crippen LogP contribution in [0, 0.1) is 0 Å². The Hall–Kier alpha value is -2.86. The maximum Gasteiger partial charge on any atom is 0.0311 e. The molecule has 0 bridgehead atoms. The molecule has 0 saturated carbocycles. The van der Waals surface area contributed by atoms with E-state index in [4.69, 9.17) is 0 Å². The molecule has 0 amide bonds. The molecule has 0 spiro atoms. The molecule has 0 aliphatic heterocycles. The Labute approximate surface area is 155 Å². The minimum Gasteiger partial charge on any atom is -0.0641 e. The van der Waals surface area contributed by atoms with E-state index in [0.717, 1.165) is 6.42 Å². The summed E-state index contributed by atoms with van der Waals surface area (Å²) in [6, 6.07) is 26.5. The predicted octanol–water partition coefficient (Wildman–Crippen LogP) is 6.88. The van der Waals surface area contributed by atoms with Gasteiger partial charge in [0.05, 0.1) is 0 Å². The molecule has 0 heteroatoms. The summed E-state index contributed by atoms with van der Waals surface area (Å²) in [6.45, 7) is 4.60. The first kappa shape index (κ1) is 15.4.